The maximum absolute atomic E-state index is 6.02. The molecular weight excluding hydrogens is 392 g/mol. The molecule has 0 aliphatic carbocycles. The fourth-order valence-electron chi connectivity index (χ4n) is 2.89. The molecule has 0 radical (unpaired) electrons. The maximum Gasteiger partial charge on any atom is 0.298 e. The molecule has 2 aromatic carbocycles. The second-order valence-corrected chi connectivity index (χ2v) is 7.78. The number of rotatable bonds is 7. The fraction of sp³-hybridized carbons (Fsp3) is 0.286. The molecule has 1 heterocycles. The van der Waals surface area contributed by atoms with Gasteiger partial charge in [-0.1, -0.05) is 29.8 Å². The quantitative estimate of drug-likeness (QED) is 0.409. The molecule has 28 heavy (non-hydrogen) atoms. The normalized spacial score (nSPS) is 12.3. The van der Waals surface area contributed by atoms with E-state index in [2.05, 4.69) is 39.6 Å². The number of aryl methyl sites for hydroxylation is 2. The molecule has 0 bridgehead atoms. The third-order valence-electron chi connectivity index (χ3n) is 4.41. The highest BCUT2D eigenvalue weighted by molar-refractivity contribution is 7.07. The highest BCUT2D eigenvalue weighted by Crippen LogP contribution is 2.31. The lowest BCUT2D eigenvalue weighted by Gasteiger charge is -2.17. The van der Waals surface area contributed by atoms with Gasteiger partial charge in [0.05, 0.1) is 6.34 Å². The van der Waals surface area contributed by atoms with Crippen LogP contribution < -0.4 is 10.1 Å². The summed E-state index contributed by atoms with van der Waals surface area (Å²) < 4.78 is 10.4. The SMILES string of the molecule is CN=CNC(C)c1cc(C)c(Oc2nc(Cc3ccc(Cl)cc3)ns2)cc1C. The molecule has 1 atom stereocenters. The first kappa shape index (κ1) is 20.3. The summed E-state index contributed by atoms with van der Waals surface area (Å²) in [5, 5.41) is 4.52. The zero-order valence-electron chi connectivity index (χ0n) is 16.4. The summed E-state index contributed by atoms with van der Waals surface area (Å²) in [6.07, 6.45) is 2.36. The topological polar surface area (TPSA) is 59.4 Å². The minimum Gasteiger partial charge on any atom is -0.430 e. The van der Waals surface area contributed by atoms with Crippen LogP contribution in [0.4, 0.5) is 0 Å². The van der Waals surface area contributed by atoms with Gasteiger partial charge in [-0.3, -0.25) is 4.99 Å². The summed E-state index contributed by atoms with van der Waals surface area (Å²) in [6, 6.07) is 12.1. The van der Waals surface area contributed by atoms with Crippen LogP contribution in [0.25, 0.3) is 0 Å². The lowest BCUT2D eigenvalue weighted by atomic mass is 9.99. The Labute approximate surface area is 174 Å². The van der Waals surface area contributed by atoms with E-state index in [1.54, 1.807) is 13.4 Å². The van der Waals surface area contributed by atoms with Crippen LogP contribution in [0.5, 0.6) is 10.9 Å². The van der Waals surface area contributed by atoms with Crippen LogP contribution in [0.3, 0.4) is 0 Å². The molecule has 3 rings (SSSR count). The number of aromatic nitrogens is 2. The first-order valence-electron chi connectivity index (χ1n) is 8.99. The van der Waals surface area contributed by atoms with Crippen molar-refractivity contribution in [2.45, 2.75) is 33.2 Å². The Balaban J connectivity index is 1.72. The van der Waals surface area contributed by atoms with Gasteiger partial charge in [0.2, 0.25) is 0 Å². The largest absolute Gasteiger partial charge is 0.430 e. The number of halogens is 1. The Bertz CT molecular complexity index is 969. The van der Waals surface area contributed by atoms with E-state index in [9.17, 15) is 0 Å². The van der Waals surface area contributed by atoms with Crippen LogP contribution in [-0.2, 0) is 6.42 Å². The monoisotopic (exact) mass is 414 g/mol. The molecule has 1 unspecified atom stereocenters. The summed E-state index contributed by atoms with van der Waals surface area (Å²) in [5.74, 6) is 1.54. The molecule has 3 aromatic rings. The van der Waals surface area contributed by atoms with E-state index >= 15 is 0 Å². The fourth-order valence-corrected chi connectivity index (χ4v) is 3.58. The van der Waals surface area contributed by atoms with Crippen molar-refractivity contribution < 1.29 is 4.74 Å². The number of benzene rings is 2. The Morgan fingerprint density at radius 1 is 1.21 bits per heavy atom. The van der Waals surface area contributed by atoms with Gasteiger partial charge in [-0.05, 0) is 61.2 Å². The number of hydrogen-bond acceptors (Lipinski definition) is 5. The molecule has 1 N–H and O–H groups in total. The van der Waals surface area contributed by atoms with Gasteiger partial charge in [-0.25, -0.2) is 0 Å². The second kappa shape index (κ2) is 9.17. The number of ether oxygens (including phenoxy) is 1. The molecule has 5 nitrogen and oxygen atoms in total. The zero-order chi connectivity index (χ0) is 20.1. The first-order chi connectivity index (χ1) is 13.5. The van der Waals surface area contributed by atoms with Crippen molar-refractivity contribution in [3.05, 3.63) is 69.5 Å². The Morgan fingerprint density at radius 2 is 1.96 bits per heavy atom. The van der Waals surface area contributed by atoms with E-state index in [1.165, 1.54) is 17.1 Å². The smallest absolute Gasteiger partial charge is 0.298 e. The van der Waals surface area contributed by atoms with Crippen LogP contribution in [0.15, 0.2) is 41.4 Å². The Morgan fingerprint density at radius 3 is 2.68 bits per heavy atom. The molecular formula is C21H23ClN4OS. The van der Waals surface area contributed by atoms with E-state index in [1.807, 2.05) is 37.3 Å². The Hall–Kier alpha value is -2.44. The van der Waals surface area contributed by atoms with Crippen molar-refractivity contribution in [1.82, 2.24) is 14.7 Å². The number of hydrogen-bond donors (Lipinski definition) is 1. The van der Waals surface area contributed by atoms with Crippen LogP contribution in [0.2, 0.25) is 5.02 Å². The molecule has 0 fully saturated rings. The molecule has 146 valence electrons. The number of aliphatic imine (C=N–C) groups is 1. The lowest BCUT2D eigenvalue weighted by Crippen LogP contribution is -2.17. The molecule has 0 saturated heterocycles. The molecule has 0 amide bonds. The van der Waals surface area contributed by atoms with E-state index in [-0.39, 0.29) is 6.04 Å². The highest BCUT2D eigenvalue weighted by Gasteiger charge is 2.13. The van der Waals surface area contributed by atoms with Crippen molar-refractivity contribution in [3.8, 4) is 10.9 Å². The van der Waals surface area contributed by atoms with Crippen molar-refractivity contribution >= 4 is 29.5 Å². The van der Waals surface area contributed by atoms with Gasteiger partial charge in [0.15, 0.2) is 5.82 Å². The van der Waals surface area contributed by atoms with Crippen molar-refractivity contribution in [2.24, 2.45) is 4.99 Å². The average molecular weight is 415 g/mol. The van der Waals surface area contributed by atoms with Gasteiger partial charge in [0.25, 0.3) is 5.19 Å². The van der Waals surface area contributed by atoms with Gasteiger partial charge in [-0.15, -0.1) is 0 Å². The van der Waals surface area contributed by atoms with E-state index < -0.39 is 0 Å². The van der Waals surface area contributed by atoms with Crippen LogP contribution in [-0.4, -0.2) is 22.7 Å². The molecule has 1 aromatic heterocycles. The predicted molar refractivity (Wildman–Crippen MR) is 116 cm³/mol. The second-order valence-electron chi connectivity index (χ2n) is 6.63. The predicted octanol–water partition coefficient (Wildman–Crippen LogP) is 5.50. The number of nitrogens with one attached hydrogen (secondary N) is 1. The molecule has 0 aliphatic rings. The Kier molecular flexibility index (Phi) is 6.65. The molecule has 0 aliphatic heterocycles. The summed E-state index contributed by atoms with van der Waals surface area (Å²) in [5.41, 5.74) is 4.53. The molecule has 7 heteroatoms. The van der Waals surface area contributed by atoms with Gasteiger partial charge < -0.3 is 10.1 Å². The van der Waals surface area contributed by atoms with Crippen LogP contribution >= 0.6 is 23.1 Å². The van der Waals surface area contributed by atoms with Gasteiger partial charge in [0, 0.05) is 36.1 Å². The van der Waals surface area contributed by atoms with Crippen molar-refractivity contribution in [3.63, 3.8) is 0 Å². The maximum atomic E-state index is 6.02. The van der Waals surface area contributed by atoms with Gasteiger partial charge >= 0.3 is 0 Å². The summed E-state index contributed by atoms with van der Waals surface area (Å²) in [4.78, 5) is 8.50. The van der Waals surface area contributed by atoms with E-state index in [0.717, 1.165) is 33.3 Å². The van der Waals surface area contributed by atoms with E-state index in [4.69, 9.17) is 16.3 Å². The van der Waals surface area contributed by atoms with Crippen molar-refractivity contribution in [1.29, 1.82) is 0 Å². The number of nitrogens with zero attached hydrogens (tertiary/aromatic N) is 3. The standard InChI is InChI=1S/C21H23ClN4OS/c1-13-10-19(14(2)9-18(13)15(3)24-12-23-4)27-21-25-20(26-28-21)11-16-5-7-17(22)8-6-16/h5-10,12,15H,11H2,1-4H3,(H,23,24). The molecule has 0 spiro atoms. The summed E-state index contributed by atoms with van der Waals surface area (Å²) >= 11 is 7.20. The third-order valence-corrected chi connectivity index (χ3v) is 5.29. The summed E-state index contributed by atoms with van der Waals surface area (Å²) in [6.45, 7) is 6.22. The summed E-state index contributed by atoms with van der Waals surface area (Å²) in [7, 11) is 1.75. The minimum absolute atomic E-state index is 0.170. The highest BCUT2D eigenvalue weighted by atomic mass is 35.5. The third kappa shape index (κ3) is 5.09. The van der Waals surface area contributed by atoms with Crippen molar-refractivity contribution in [2.75, 3.05) is 7.05 Å². The lowest BCUT2D eigenvalue weighted by molar-refractivity contribution is 0.472. The zero-order valence-corrected chi connectivity index (χ0v) is 17.9. The molecule has 0 saturated carbocycles. The van der Waals surface area contributed by atoms with E-state index in [0.29, 0.717) is 11.6 Å². The minimum atomic E-state index is 0.170. The van der Waals surface area contributed by atoms with Gasteiger partial charge in [-0.2, -0.15) is 9.36 Å². The van der Waals surface area contributed by atoms with Crippen LogP contribution in [0.1, 0.15) is 41.0 Å². The van der Waals surface area contributed by atoms with Gasteiger partial charge in [0.1, 0.15) is 5.75 Å². The average Bonchev–Trinajstić information content (AvgIpc) is 3.11. The van der Waals surface area contributed by atoms with Crippen LogP contribution in [0, 0.1) is 13.8 Å². The first-order valence-corrected chi connectivity index (χ1v) is 10.1.